The van der Waals surface area contributed by atoms with Crippen molar-refractivity contribution in [3.8, 4) is 0 Å². The fraction of sp³-hybridized carbons (Fsp3) is 0.897. The van der Waals surface area contributed by atoms with E-state index in [9.17, 15) is 29.3 Å². The second-order valence-electron chi connectivity index (χ2n) is 20.0. The molecule has 0 saturated heterocycles. The molecule has 0 aromatic carbocycles. The molecule has 0 fully saturated rings. The first kappa shape index (κ1) is 67.5. The van der Waals surface area contributed by atoms with Crippen LogP contribution in [-0.2, 0) is 32.7 Å². The second-order valence-corrected chi connectivity index (χ2v) is 21.4. The molecule has 11 heteroatoms. The van der Waals surface area contributed by atoms with Crippen LogP contribution < -0.4 is 0 Å². The van der Waals surface area contributed by atoms with E-state index >= 15 is 0 Å². The van der Waals surface area contributed by atoms with Gasteiger partial charge in [0.25, 0.3) is 0 Å². The number of hydrogen-bond donors (Lipinski definition) is 3. The van der Waals surface area contributed by atoms with E-state index in [0.29, 0.717) is 12.8 Å². The van der Waals surface area contributed by atoms with Crippen LogP contribution in [0.15, 0.2) is 24.3 Å². The first-order valence-corrected chi connectivity index (χ1v) is 30.8. The fourth-order valence-electron chi connectivity index (χ4n) is 8.64. The second kappa shape index (κ2) is 54.2. The zero-order chi connectivity index (χ0) is 50.4. The molecule has 0 aliphatic rings. The minimum Gasteiger partial charge on any atom is -0.457 e. The quantitative estimate of drug-likeness (QED) is 0.0233. The van der Waals surface area contributed by atoms with Gasteiger partial charge >= 0.3 is 19.8 Å². The smallest absolute Gasteiger partial charge is 0.457 e. The number of esters is 2. The Hall–Kier alpha value is -1.55. The summed E-state index contributed by atoms with van der Waals surface area (Å²) in [6.45, 7) is 2.28. The number of carbonyl (C=O) groups excluding carboxylic acids is 2. The van der Waals surface area contributed by atoms with Gasteiger partial charge in [-0.2, -0.15) is 0 Å². The number of phosphoric acid groups is 1. The van der Waals surface area contributed by atoms with Crippen LogP contribution in [0.2, 0.25) is 0 Å². The number of allylic oxidation sites excluding steroid dienone is 4. The van der Waals surface area contributed by atoms with Crippen molar-refractivity contribution in [2.24, 2.45) is 0 Å². The third-order valence-corrected chi connectivity index (χ3v) is 14.1. The van der Waals surface area contributed by atoms with E-state index < -0.39 is 58.4 Å². The minimum atomic E-state index is -4.64. The van der Waals surface area contributed by atoms with Crippen LogP contribution in [0.25, 0.3) is 0 Å². The highest BCUT2D eigenvalue weighted by atomic mass is 31.2. The molecule has 2 unspecified atom stereocenters. The van der Waals surface area contributed by atoms with Gasteiger partial charge in [0.05, 0.1) is 26.4 Å². The number of phosphoric ester groups is 1. The number of unbranched alkanes of at least 4 members (excludes halogenated alkanes) is 38. The first-order chi connectivity index (χ1) is 33.8. The van der Waals surface area contributed by atoms with Crippen LogP contribution in [0.4, 0.5) is 0 Å². The van der Waals surface area contributed by atoms with Crippen molar-refractivity contribution in [2.75, 3.05) is 26.4 Å². The predicted molar refractivity (Wildman–Crippen MR) is 288 cm³/mol. The Morgan fingerprint density at radius 3 is 0.826 bits per heavy atom. The van der Waals surface area contributed by atoms with E-state index in [0.717, 1.165) is 38.5 Å². The molecule has 0 radical (unpaired) electrons. The topological polar surface area (TPSA) is 149 Å². The number of carbonyl (C=O) groups is 2. The van der Waals surface area contributed by atoms with E-state index in [1.165, 1.54) is 218 Å². The molecule has 0 heterocycles. The Bertz CT molecular complexity index is 1110. The maximum atomic E-state index is 12.5. The van der Waals surface area contributed by atoms with Crippen LogP contribution in [0, 0.1) is 0 Å². The molecule has 10 nitrogen and oxygen atoms in total. The number of rotatable bonds is 56. The van der Waals surface area contributed by atoms with Crippen molar-refractivity contribution < 1.29 is 47.8 Å². The highest BCUT2D eigenvalue weighted by Crippen LogP contribution is 2.43. The zero-order valence-electron chi connectivity index (χ0n) is 45.1. The van der Waals surface area contributed by atoms with Crippen molar-refractivity contribution in [1.29, 1.82) is 0 Å². The molecule has 2 atom stereocenters. The molecule has 3 N–H and O–H groups in total. The van der Waals surface area contributed by atoms with Gasteiger partial charge in [-0.3, -0.25) is 18.6 Å². The van der Waals surface area contributed by atoms with Crippen LogP contribution in [-0.4, -0.2) is 65.7 Å². The summed E-state index contributed by atoms with van der Waals surface area (Å²) in [5, 5.41) is 19.3. The number of aliphatic hydroxyl groups is 2. The number of ether oxygens (including phenoxy) is 2. The summed E-state index contributed by atoms with van der Waals surface area (Å²) in [5.41, 5.74) is 0. The maximum absolute atomic E-state index is 12.5. The Balaban J connectivity index is 3.76. The Morgan fingerprint density at radius 1 is 0.377 bits per heavy atom. The third kappa shape index (κ3) is 52.6. The van der Waals surface area contributed by atoms with Crippen molar-refractivity contribution >= 4 is 19.8 Å². The standard InChI is InChI=1S/C58H111O10P/c1-3-5-7-9-11-13-15-17-19-21-23-25-27-29-31-33-35-37-39-41-43-45-47-49-57(61)67-55(51-59)53-65-69(63,64)66-54-56(52-60)68-58(62)50-48-46-44-42-40-38-36-34-32-30-28-26-24-22-20-18-16-14-12-10-8-6-4-2/h21-24,55-56,59-60H,3-20,25-54H2,1-2H3,(H,63,64)/b23-21-,24-22-. The average Bonchev–Trinajstić information content (AvgIpc) is 3.34. The maximum Gasteiger partial charge on any atom is 0.472 e. The van der Waals surface area contributed by atoms with Gasteiger partial charge in [-0.1, -0.05) is 244 Å². The van der Waals surface area contributed by atoms with Gasteiger partial charge < -0.3 is 24.6 Å². The third-order valence-electron chi connectivity index (χ3n) is 13.1. The van der Waals surface area contributed by atoms with Crippen molar-refractivity contribution in [3.63, 3.8) is 0 Å². The molecule has 0 bridgehead atoms. The van der Waals surface area contributed by atoms with Crippen LogP contribution in [0.5, 0.6) is 0 Å². The average molecular weight is 999 g/mol. The molecule has 69 heavy (non-hydrogen) atoms. The van der Waals surface area contributed by atoms with Gasteiger partial charge in [0, 0.05) is 12.8 Å². The SMILES string of the molecule is CCCCCCCCCC/C=C\CCCCCCCCCCCCCC(=O)OC(CO)COP(=O)(O)OCC(CO)OC(=O)CCCCCCCCCCCCC/C=C\CCCCCCCCCC. The molecule has 0 spiro atoms. The van der Waals surface area contributed by atoms with Gasteiger partial charge in [-0.05, 0) is 64.2 Å². The summed E-state index contributed by atoms with van der Waals surface area (Å²) in [5.74, 6) is -1.01. The van der Waals surface area contributed by atoms with Gasteiger partial charge in [0.1, 0.15) is 12.2 Å². The van der Waals surface area contributed by atoms with E-state index in [-0.39, 0.29) is 12.8 Å². The summed E-state index contributed by atoms with van der Waals surface area (Å²) in [4.78, 5) is 34.8. The van der Waals surface area contributed by atoms with Gasteiger partial charge in [-0.15, -0.1) is 0 Å². The van der Waals surface area contributed by atoms with Crippen LogP contribution in [0.1, 0.15) is 296 Å². The molecule has 0 aliphatic heterocycles. The van der Waals surface area contributed by atoms with Gasteiger partial charge in [0.2, 0.25) is 0 Å². The molecular formula is C58H111O10P. The molecule has 0 aliphatic carbocycles. The van der Waals surface area contributed by atoms with E-state index in [4.69, 9.17) is 18.5 Å². The highest BCUT2D eigenvalue weighted by molar-refractivity contribution is 7.47. The van der Waals surface area contributed by atoms with Crippen LogP contribution >= 0.6 is 7.82 Å². The summed E-state index contributed by atoms with van der Waals surface area (Å²) in [7, 11) is -4.64. The number of aliphatic hydroxyl groups excluding tert-OH is 2. The lowest BCUT2D eigenvalue weighted by Gasteiger charge is -2.20. The molecule has 0 rings (SSSR count). The molecule has 0 aromatic heterocycles. The van der Waals surface area contributed by atoms with Crippen molar-refractivity contribution in [1.82, 2.24) is 0 Å². The van der Waals surface area contributed by atoms with Crippen molar-refractivity contribution in [2.45, 2.75) is 309 Å². The summed E-state index contributed by atoms with van der Waals surface area (Å²) >= 11 is 0. The highest BCUT2D eigenvalue weighted by Gasteiger charge is 2.27. The summed E-state index contributed by atoms with van der Waals surface area (Å²) in [6.07, 6.45) is 60.2. The lowest BCUT2D eigenvalue weighted by atomic mass is 10.0. The fourth-order valence-corrected chi connectivity index (χ4v) is 9.42. The molecule has 0 saturated carbocycles. The Kier molecular flexibility index (Phi) is 53.0. The number of hydrogen-bond acceptors (Lipinski definition) is 9. The van der Waals surface area contributed by atoms with E-state index in [2.05, 4.69) is 38.2 Å². The summed E-state index contributed by atoms with van der Waals surface area (Å²) in [6, 6.07) is 0. The first-order valence-electron chi connectivity index (χ1n) is 29.3. The van der Waals surface area contributed by atoms with Crippen LogP contribution in [0.3, 0.4) is 0 Å². The molecule has 0 amide bonds. The Labute approximate surface area is 425 Å². The van der Waals surface area contributed by atoms with E-state index in [1.807, 2.05) is 0 Å². The van der Waals surface area contributed by atoms with Gasteiger partial charge in [-0.25, -0.2) is 4.57 Å². The predicted octanol–water partition coefficient (Wildman–Crippen LogP) is 17.2. The van der Waals surface area contributed by atoms with Gasteiger partial charge in [0.15, 0.2) is 0 Å². The normalized spacial score (nSPS) is 13.6. The monoisotopic (exact) mass is 999 g/mol. The Morgan fingerprint density at radius 2 is 0.594 bits per heavy atom. The lowest BCUT2D eigenvalue weighted by molar-refractivity contribution is -0.153. The minimum absolute atomic E-state index is 0.194. The molecule has 408 valence electrons. The molecule has 0 aromatic rings. The summed E-state index contributed by atoms with van der Waals surface area (Å²) < 4.78 is 32.8. The lowest BCUT2D eigenvalue weighted by Crippen LogP contribution is -2.28. The van der Waals surface area contributed by atoms with Crippen molar-refractivity contribution in [3.05, 3.63) is 24.3 Å². The zero-order valence-corrected chi connectivity index (χ0v) is 45.9. The molecular weight excluding hydrogens is 888 g/mol. The largest absolute Gasteiger partial charge is 0.472 e. The van der Waals surface area contributed by atoms with E-state index in [1.54, 1.807) is 0 Å².